The van der Waals surface area contributed by atoms with Gasteiger partial charge < -0.3 is 19.7 Å². The van der Waals surface area contributed by atoms with Crippen LogP contribution in [0.1, 0.15) is 26.7 Å². The van der Waals surface area contributed by atoms with Crippen LogP contribution >= 0.6 is 0 Å². The Morgan fingerprint density at radius 2 is 2.20 bits per heavy atom. The van der Waals surface area contributed by atoms with Gasteiger partial charge in [0, 0.05) is 26.2 Å². The number of piperazine rings is 1. The molecule has 0 radical (unpaired) electrons. The third-order valence-electron chi connectivity index (χ3n) is 4.01. The zero-order chi connectivity index (χ0) is 14.5. The van der Waals surface area contributed by atoms with E-state index in [2.05, 4.69) is 5.32 Å². The first-order chi connectivity index (χ1) is 9.69. The maximum Gasteiger partial charge on any atom is 0.330 e. The summed E-state index contributed by atoms with van der Waals surface area (Å²) < 4.78 is 10.7. The SMILES string of the molecule is CCOC(=O)C1CNCCN1C(=O)C1CCOC1CC. The van der Waals surface area contributed by atoms with E-state index in [0.29, 0.717) is 32.8 Å². The van der Waals surface area contributed by atoms with E-state index in [-0.39, 0.29) is 23.9 Å². The average Bonchev–Trinajstić information content (AvgIpc) is 2.95. The molecule has 2 fully saturated rings. The summed E-state index contributed by atoms with van der Waals surface area (Å²) in [6.45, 7) is 6.50. The van der Waals surface area contributed by atoms with Crippen molar-refractivity contribution in [1.82, 2.24) is 10.2 Å². The molecule has 114 valence electrons. The van der Waals surface area contributed by atoms with Gasteiger partial charge in [-0.25, -0.2) is 4.79 Å². The smallest absolute Gasteiger partial charge is 0.330 e. The molecular weight excluding hydrogens is 260 g/mol. The van der Waals surface area contributed by atoms with Gasteiger partial charge in [-0.05, 0) is 19.8 Å². The van der Waals surface area contributed by atoms with Crippen LogP contribution in [0.5, 0.6) is 0 Å². The number of rotatable bonds is 4. The molecule has 3 atom stereocenters. The summed E-state index contributed by atoms with van der Waals surface area (Å²) in [6, 6.07) is -0.505. The number of esters is 1. The molecule has 2 aliphatic rings. The van der Waals surface area contributed by atoms with E-state index in [0.717, 1.165) is 12.8 Å². The molecule has 20 heavy (non-hydrogen) atoms. The zero-order valence-electron chi connectivity index (χ0n) is 12.3. The summed E-state index contributed by atoms with van der Waals surface area (Å²) in [5.74, 6) is -0.399. The second-order valence-corrected chi connectivity index (χ2v) is 5.22. The van der Waals surface area contributed by atoms with E-state index in [1.807, 2.05) is 6.92 Å². The standard InChI is InChI=1S/C14H24N2O4/c1-3-12-10(5-8-20-12)13(17)16-7-6-15-9-11(16)14(18)19-4-2/h10-12,15H,3-9H2,1-2H3. The Labute approximate surface area is 119 Å². The summed E-state index contributed by atoms with van der Waals surface area (Å²) >= 11 is 0. The van der Waals surface area contributed by atoms with Crippen LogP contribution in [-0.4, -0.2) is 61.8 Å². The summed E-state index contributed by atoms with van der Waals surface area (Å²) in [5, 5.41) is 3.15. The van der Waals surface area contributed by atoms with Crippen LogP contribution in [-0.2, 0) is 19.1 Å². The van der Waals surface area contributed by atoms with Crippen molar-refractivity contribution in [3.8, 4) is 0 Å². The average molecular weight is 284 g/mol. The van der Waals surface area contributed by atoms with Crippen LogP contribution in [0.2, 0.25) is 0 Å². The summed E-state index contributed by atoms with van der Waals surface area (Å²) in [4.78, 5) is 26.4. The minimum atomic E-state index is -0.505. The van der Waals surface area contributed by atoms with Crippen molar-refractivity contribution in [1.29, 1.82) is 0 Å². The summed E-state index contributed by atoms with van der Waals surface area (Å²) in [5.41, 5.74) is 0. The molecule has 2 rings (SSSR count). The molecule has 0 spiro atoms. The number of carbonyl (C=O) groups is 2. The first-order valence-corrected chi connectivity index (χ1v) is 7.48. The van der Waals surface area contributed by atoms with E-state index >= 15 is 0 Å². The molecule has 6 nitrogen and oxygen atoms in total. The van der Waals surface area contributed by atoms with Crippen LogP contribution in [0.3, 0.4) is 0 Å². The van der Waals surface area contributed by atoms with Crippen LogP contribution in [0.15, 0.2) is 0 Å². The third kappa shape index (κ3) is 3.12. The lowest BCUT2D eigenvalue weighted by molar-refractivity contribution is -0.158. The third-order valence-corrected chi connectivity index (χ3v) is 4.01. The minimum Gasteiger partial charge on any atom is -0.464 e. The predicted molar refractivity (Wildman–Crippen MR) is 73.1 cm³/mol. The molecule has 0 aromatic rings. The summed E-state index contributed by atoms with van der Waals surface area (Å²) in [7, 11) is 0. The van der Waals surface area contributed by atoms with E-state index in [9.17, 15) is 9.59 Å². The van der Waals surface area contributed by atoms with Gasteiger partial charge in [0.25, 0.3) is 0 Å². The zero-order valence-corrected chi connectivity index (χ0v) is 12.3. The van der Waals surface area contributed by atoms with Gasteiger partial charge in [0.15, 0.2) is 0 Å². The quantitative estimate of drug-likeness (QED) is 0.745. The summed E-state index contributed by atoms with van der Waals surface area (Å²) in [6.07, 6.45) is 1.56. The fourth-order valence-electron chi connectivity index (χ4n) is 2.96. The van der Waals surface area contributed by atoms with Crippen LogP contribution < -0.4 is 5.32 Å². The Hall–Kier alpha value is -1.14. The van der Waals surface area contributed by atoms with Gasteiger partial charge in [0.1, 0.15) is 6.04 Å². The van der Waals surface area contributed by atoms with Gasteiger partial charge in [0.2, 0.25) is 5.91 Å². The van der Waals surface area contributed by atoms with E-state index in [4.69, 9.17) is 9.47 Å². The largest absolute Gasteiger partial charge is 0.464 e. The number of hydrogen-bond donors (Lipinski definition) is 1. The predicted octanol–water partition coefficient (Wildman–Crippen LogP) is 0.165. The van der Waals surface area contributed by atoms with Crippen molar-refractivity contribution >= 4 is 11.9 Å². The highest BCUT2D eigenvalue weighted by Crippen LogP contribution is 2.26. The molecule has 2 aliphatic heterocycles. The van der Waals surface area contributed by atoms with Gasteiger partial charge in [-0.15, -0.1) is 0 Å². The molecule has 0 bridgehead atoms. The normalized spacial score (nSPS) is 30.3. The number of nitrogens with one attached hydrogen (secondary N) is 1. The molecule has 6 heteroatoms. The highest BCUT2D eigenvalue weighted by atomic mass is 16.5. The van der Waals surface area contributed by atoms with Gasteiger partial charge in [-0.3, -0.25) is 4.79 Å². The molecule has 0 aromatic heterocycles. The molecule has 2 saturated heterocycles. The molecule has 0 saturated carbocycles. The highest BCUT2D eigenvalue weighted by Gasteiger charge is 2.40. The number of nitrogens with zero attached hydrogens (tertiary/aromatic N) is 1. The Morgan fingerprint density at radius 1 is 1.40 bits per heavy atom. The van der Waals surface area contributed by atoms with Crippen LogP contribution in [0.25, 0.3) is 0 Å². The second kappa shape index (κ2) is 7.04. The Bertz CT molecular complexity index is 361. The number of carbonyl (C=O) groups excluding carboxylic acids is 2. The van der Waals surface area contributed by atoms with Crippen molar-refractivity contribution < 1.29 is 19.1 Å². The number of ether oxygens (including phenoxy) is 2. The van der Waals surface area contributed by atoms with Crippen molar-refractivity contribution in [3.63, 3.8) is 0 Å². The van der Waals surface area contributed by atoms with Crippen LogP contribution in [0.4, 0.5) is 0 Å². The molecule has 2 heterocycles. The van der Waals surface area contributed by atoms with Crippen molar-refractivity contribution in [2.24, 2.45) is 5.92 Å². The first kappa shape index (κ1) is 15.3. The Kier molecular flexibility index (Phi) is 5.37. The number of hydrogen-bond acceptors (Lipinski definition) is 5. The minimum absolute atomic E-state index is 0.0137. The fourth-order valence-corrected chi connectivity index (χ4v) is 2.96. The van der Waals surface area contributed by atoms with Crippen molar-refractivity contribution in [2.45, 2.75) is 38.8 Å². The van der Waals surface area contributed by atoms with E-state index in [1.165, 1.54) is 0 Å². The van der Waals surface area contributed by atoms with Gasteiger partial charge >= 0.3 is 5.97 Å². The van der Waals surface area contributed by atoms with E-state index in [1.54, 1.807) is 11.8 Å². The molecule has 3 unspecified atom stereocenters. The first-order valence-electron chi connectivity index (χ1n) is 7.48. The second-order valence-electron chi connectivity index (χ2n) is 5.22. The van der Waals surface area contributed by atoms with Crippen molar-refractivity contribution in [2.75, 3.05) is 32.8 Å². The van der Waals surface area contributed by atoms with Crippen LogP contribution in [0, 0.1) is 5.92 Å². The maximum absolute atomic E-state index is 12.7. The molecule has 1 N–H and O–H groups in total. The fraction of sp³-hybridized carbons (Fsp3) is 0.857. The lowest BCUT2D eigenvalue weighted by Gasteiger charge is -2.36. The lowest BCUT2D eigenvalue weighted by atomic mass is 9.96. The van der Waals surface area contributed by atoms with Gasteiger partial charge in [-0.2, -0.15) is 0 Å². The van der Waals surface area contributed by atoms with Gasteiger partial charge in [0.05, 0.1) is 18.6 Å². The number of amides is 1. The molecule has 1 amide bonds. The Morgan fingerprint density at radius 3 is 2.90 bits per heavy atom. The molecular formula is C14H24N2O4. The lowest BCUT2D eigenvalue weighted by Crippen LogP contribution is -2.59. The highest BCUT2D eigenvalue weighted by molar-refractivity contribution is 5.86. The Balaban J connectivity index is 2.07. The van der Waals surface area contributed by atoms with Gasteiger partial charge in [-0.1, -0.05) is 6.92 Å². The topological polar surface area (TPSA) is 67.9 Å². The van der Waals surface area contributed by atoms with E-state index < -0.39 is 6.04 Å². The monoisotopic (exact) mass is 284 g/mol. The maximum atomic E-state index is 12.7. The van der Waals surface area contributed by atoms with Crippen molar-refractivity contribution in [3.05, 3.63) is 0 Å². The molecule has 0 aliphatic carbocycles. The molecule has 0 aromatic carbocycles.